The van der Waals surface area contributed by atoms with E-state index in [0.29, 0.717) is 13.0 Å². The van der Waals surface area contributed by atoms with Gasteiger partial charge in [-0.15, -0.1) is 0 Å². The highest BCUT2D eigenvalue weighted by Crippen LogP contribution is 2.38. The fraction of sp³-hybridized carbons (Fsp3) is 0.250. The minimum absolute atomic E-state index is 0.288. The molecule has 0 bridgehead atoms. The number of hydrogen-bond acceptors (Lipinski definition) is 2. The van der Waals surface area contributed by atoms with Gasteiger partial charge < -0.3 is 9.84 Å². The normalized spacial score (nSPS) is 19.1. The van der Waals surface area contributed by atoms with Gasteiger partial charge in [-0.1, -0.05) is 48.5 Å². The second-order valence-corrected chi connectivity index (χ2v) is 4.71. The van der Waals surface area contributed by atoms with Crippen molar-refractivity contribution >= 4 is 0 Å². The van der Waals surface area contributed by atoms with Crippen molar-refractivity contribution in [2.45, 2.75) is 18.4 Å². The number of aliphatic hydroxyl groups is 1. The molecule has 0 fully saturated rings. The number of para-hydroxylation sites is 1. The first-order chi connectivity index (χ1) is 8.84. The van der Waals surface area contributed by atoms with Gasteiger partial charge in [0, 0.05) is 11.5 Å². The average molecular weight is 240 g/mol. The molecule has 1 aliphatic heterocycles. The van der Waals surface area contributed by atoms with Crippen molar-refractivity contribution in [2.75, 3.05) is 6.61 Å². The molecule has 2 atom stereocenters. The predicted octanol–water partition coefficient (Wildman–Crippen LogP) is 3.29. The third-order valence-electron chi connectivity index (χ3n) is 3.49. The second-order valence-electron chi connectivity index (χ2n) is 4.71. The van der Waals surface area contributed by atoms with Crippen LogP contribution in [0.15, 0.2) is 54.6 Å². The summed E-state index contributed by atoms with van der Waals surface area (Å²) in [5.74, 6) is 1.25. The minimum atomic E-state index is -0.425. The van der Waals surface area contributed by atoms with Crippen molar-refractivity contribution in [2.24, 2.45) is 0 Å². The zero-order valence-corrected chi connectivity index (χ0v) is 10.1. The zero-order valence-electron chi connectivity index (χ0n) is 10.1. The van der Waals surface area contributed by atoms with Gasteiger partial charge in [0.15, 0.2) is 0 Å². The van der Waals surface area contributed by atoms with Crippen LogP contribution in [0.2, 0.25) is 0 Å². The molecule has 2 heteroatoms. The average Bonchev–Trinajstić information content (AvgIpc) is 2.83. The van der Waals surface area contributed by atoms with E-state index in [4.69, 9.17) is 4.74 Å². The van der Waals surface area contributed by atoms with Crippen molar-refractivity contribution < 1.29 is 9.84 Å². The summed E-state index contributed by atoms with van der Waals surface area (Å²) < 4.78 is 5.64. The third kappa shape index (κ3) is 2.12. The van der Waals surface area contributed by atoms with E-state index in [0.717, 1.165) is 11.3 Å². The maximum Gasteiger partial charge on any atom is 0.122 e. The summed E-state index contributed by atoms with van der Waals surface area (Å²) in [5, 5.41) is 10.3. The number of hydrogen-bond donors (Lipinski definition) is 1. The standard InChI is InChI=1S/C16H16O2/c17-15(12-6-2-1-3-7-12)10-13-11-18-16-9-5-4-8-14(13)16/h1-9,13,15,17H,10-11H2. The Morgan fingerprint density at radius 2 is 1.78 bits per heavy atom. The van der Waals surface area contributed by atoms with Crippen molar-refractivity contribution in [1.29, 1.82) is 0 Å². The number of benzene rings is 2. The zero-order chi connectivity index (χ0) is 12.4. The first-order valence-corrected chi connectivity index (χ1v) is 6.29. The summed E-state index contributed by atoms with van der Waals surface area (Å²) >= 11 is 0. The Morgan fingerprint density at radius 1 is 1.06 bits per heavy atom. The van der Waals surface area contributed by atoms with Crippen LogP contribution in [0.1, 0.15) is 29.6 Å². The van der Waals surface area contributed by atoms with Gasteiger partial charge in [0.1, 0.15) is 5.75 Å². The molecular formula is C16H16O2. The highest BCUT2D eigenvalue weighted by Gasteiger charge is 2.26. The minimum Gasteiger partial charge on any atom is -0.493 e. The molecule has 2 aromatic carbocycles. The lowest BCUT2D eigenvalue weighted by molar-refractivity contribution is 0.151. The van der Waals surface area contributed by atoms with Gasteiger partial charge in [-0.05, 0) is 18.1 Å². The molecule has 0 radical (unpaired) electrons. The maximum atomic E-state index is 10.3. The Bertz CT molecular complexity index is 522. The van der Waals surface area contributed by atoms with Gasteiger partial charge in [-0.25, -0.2) is 0 Å². The molecule has 2 aromatic rings. The largest absolute Gasteiger partial charge is 0.493 e. The molecule has 3 rings (SSSR count). The van der Waals surface area contributed by atoms with Gasteiger partial charge in [-0.2, -0.15) is 0 Å². The van der Waals surface area contributed by atoms with Crippen molar-refractivity contribution in [3.63, 3.8) is 0 Å². The molecule has 0 saturated carbocycles. The van der Waals surface area contributed by atoms with Crippen LogP contribution in [-0.2, 0) is 0 Å². The van der Waals surface area contributed by atoms with E-state index in [9.17, 15) is 5.11 Å². The SMILES string of the molecule is OC(CC1COc2ccccc21)c1ccccc1. The van der Waals surface area contributed by atoms with Crippen molar-refractivity contribution in [3.8, 4) is 5.75 Å². The van der Waals surface area contributed by atoms with Crippen LogP contribution in [0, 0.1) is 0 Å². The van der Waals surface area contributed by atoms with Crippen LogP contribution >= 0.6 is 0 Å². The second kappa shape index (κ2) is 4.83. The lowest BCUT2D eigenvalue weighted by Crippen LogP contribution is -2.07. The number of ether oxygens (including phenoxy) is 1. The summed E-state index contributed by atoms with van der Waals surface area (Å²) in [7, 11) is 0. The lowest BCUT2D eigenvalue weighted by Gasteiger charge is -2.15. The molecule has 2 unspecified atom stereocenters. The molecule has 0 amide bonds. The van der Waals surface area contributed by atoms with Crippen LogP contribution < -0.4 is 4.74 Å². The molecule has 0 aliphatic carbocycles. The van der Waals surface area contributed by atoms with E-state index in [1.54, 1.807) is 0 Å². The van der Waals surface area contributed by atoms with E-state index >= 15 is 0 Å². The Hall–Kier alpha value is -1.80. The van der Waals surface area contributed by atoms with Crippen LogP contribution in [0.3, 0.4) is 0 Å². The Kier molecular flexibility index (Phi) is 3.03. The quantitative estimate of drug-likeness (QED) is 0.892. The van der Waals surface area contributed by atoms with Gasteiger partial charge >= 0.3 is 0 Å². The van der Waals surface area contributed by atoms with E-state index in [-0.39, 0.29) is 5.92 Å². The van der Waals surface area contributed by atoms with Crippen LogP contribution in [0.5, 0.6) is 5.75 Å². The molecule has 0 aromatic heterocycles. The van der Waals surface area contributed by atoms with Crippen LogP contribution in [0.25, 0.3) is 0 Å². The molecule has 92 valence electrons. The molecule has 2 nitrogen and oxygen atoms in total. The molecule has 1 heterocycles. The maximum absolute atomic E-state index is 10.3. The summed E-state index contributed by atoms with van der Waals surface area (Å²) in [6.07, 6.45) is 0.284. The number of fused-ring (bicyclic) bond motifs is 1. The summed E-state index contributed by atoms with van der Waals surface area (Å²) in [4.78, 5) is 0. The van der Waals surface area contributed by atoms with E-state index < -0.39 is 6.10 Å². The monoisotopic (exact) mass is 240 g/mol. The topological polar surface area (TPSA) is 29.5 Å². The van der Waals surface area contributed by atoms with Crippen LogP contribution in [0.4, 0.5) is 0 Å². The van der Waals surface area contributed by atoms with Gasteiger partial charge in [0.05, 0.1) is 12.7 Å². The molecule has 18 heavy (non-hydrogen) atoms. The summed E-state index contributed by atoms with van der Waals surface area (Å²) in [6, 6.07) is 17.9. The molecule has 1 aliphatic rings. The number of aliphatic hydroxyl groups excluding tert-OH is 1. The smallest absolute Gasteiger partial charge is 0.122 e. The van der Waals surface area contributed by atoms with Crippen molar-refractivity contribution in [1.82, 2.24) is 0 Å². The van der Waals surface area contributed by atoms with E-state index in [1.807, 2.05) is 48.5 Å². The Morgan fingerprint density at radius 3 is 2.61 bits per heavy atom. The predicted molar refractivity (Wildman–Crippen MR) is 70.7 cm³/mol. The van der Waals surface area contributed by atoms with Crippen LogP contribution in [-0.4, -0.2) is 11.7 Å². The van der Waals surface area contributed by atoms with Gasteiger partial charge in [0.25, 0.3) is 0 Å². The molecule has 0 saturated heterocycles. The fourth-order valence-corrected chi connectivity index (χ4v) is 2.51. The Labute approximate surface area is 107 Å². The molecule has 1 N–H and O–H groups in total. The number of rotatable bonds is 3. The highest BCUT2D eigenvalue weighted by molar-refractivity contribution is 5.39. The van der Waals surface area contributed by atoms with Gasteiger partial charge in [-0.3, -0.25) is 0 Å². The van der Waals surface area contributed by atoms with E-state index in [2.05, 4.69) is 6.07 Å². The first-order valence-electron chi connectivity index (χ1n) is 6.29. The highest BCUT2D eigenvalue weighted by atomic mass is 16.5. The first kappa shape index (κ1) is 11.3. The lowest BCUT2D eigenvalue weighted by atomic mass is 9.92. The van der Waals surface area contributed by atoms with Gasteiger partial charge in [0.2, 0.25) is 0 Å². The fourth-order valence-electron chi connectivity index (χ4n) is 2.51. The third-order valence-corrected chi connectivity index (χ3v) is 3.49. The summed E-state index contributed by atoms with van der Waals surface area (Å²) in [6.45, 7) is 0.670. The Balaban J connectivity index is 1.75. The summed E-state index contributed by atoms with van der Waals surface area (Å²) in [5.41, 5.74) is 2.19. The van der Waals surface area contributed by atoms with Crippen molar-refractivity contribution in [3.05, 3.63) is 65.7 Å². The molecule has 0 spiro atoms. The van der Waals surface area contributed by atoms with E-state index in [1.165, 1.54) is 5.56 Å². The molecular weight excluding hydrogens is 224 g/mol.